The van der Waals surface area contributed by atoms with Crippen LogP contribution in [0.5, 0.6) is 0 Å². The highest BCUT2D eigenvalue weighted by molar-refractivity contribution is 7.99. The zero-order valence-corrected chi connectivity index (χ0v) is 13.0. The molecule has 0 radical (unpaired) electrons. The van der Waals surface area contributed by atoms with E-state index in [0.29, 0.717) is 10.7 Å². The Morgan fingerprint density at radius 1 is 1.32 bits per heavy atom. The van der Waals surface area contributed by atoms with Gasteiger partial charge in [0.15, 0.2) is 5.16 Å². The fourth-order valence-electron chi connectivity index (χ4n) is 1.69. The largest absolute Gasteiger partial charge is 0.272 e. The van der Waals surface area contributed by atoms with Crippen molar-refractivity contribution in [1.82, 2.24) is 15.4 Å². The van der Waals surface area contributed by atoms with Gasteiger partial charge in [-0.1, -0.05) is 23.9 Å². The van der Waals surface area contributed by atoms with Crippen LogP contribution >= 0.6 is 11.8 Å². The third-order valence-corrected chi connectivity index (χ3v) is 3.39. The molecule has 0 unspecified atom stereocenters. The van der Waals surface area contributed by atoms with Crippen LogP contribution in [0.3, 0.4) is 0 Å². The van der Waals surface area contributed by atoms with Crippen LogP contribution < -0.4 is 5.43 Å². The number of amides is 1. The topological polar surface area (TPSA) is 67.2 Å². The summed E-state index contributed by atoms with van der Waals surface area (Å²) < 4.78 is 13.0. The quantitative estimate of drug-likeness (QED) is 0.398. The lowest BCUT2D eigenvalue weighted by Crippen LogP contribution is -2.19. The van der Waals surface area contributed by atoms with Crippen LogP contribution in [-0.2, 0) is 4.79 Å². The van der Waals surface area contributed by atoms with E-state index in [-0.39, 0.29) is 17.5 Å². The number of aromatic nitrogens is 2. The molecule has 1 N–H and O–H groups in total. The Bertz CT molecular complexity index is 685. The lowest BCUT2D eigenvalue weighted by atomic mass is 10.2. The molecule has 1 heterocycles. The summed E-state index contributed by atoms with van der Waals surface area (Å²) in [6.45, 7) is 3.75. The maximum atomic E-state index is 13.0. The van der Waals surface area contributed by atoms with Gasteiger partial charge in [0, 0.05) is 11.4 Å². The van der Waals surface area contributed by atoms with Crippen LogP contribution in [-0.4, -0.2) is 27.8 Å². The van der Waals surface area contributed by atoms with Gasteiger partial charge in [0.2, 0.25) is 0 Å². The average Bonchev–Trinajstić information content (AvgIpc) is 2.44. The average molecular weight is 318 g/mol. The molecule has 22 heavy (non-hydrogen) atoms. The number of nitrogens with zero attached hydrogens (tertiary/aromatic N) is 3. The first-order valence-electron chi connectivity index (χ1n) is 6.55. The zero-order valence-electron chi connectivity index (χ0n) is 12.2. The summed E-state index contributed by atoms with van der Waals surface area (Å²) >= 11 is 1.24. The smallest absolute Gasteiger partial charge is 0.250 e. The highest BCUT2D eigenvalue weighted by atomic mass is 32.2. The molecule has 0 bridgehead atoms. The van der Waals surface area contributed by atoms with E-state index >= 15 is 0 Å². The number of aryl methyl sites for hydroxylation is 2. The molecule has 5 nitrogen and oxygen atoms in total. The Morgan fingerprint density at radius 2 is 2.05 bits per heavy atom. The molecule has 0 saturated carbocycles. The van der Waals surface area contributed by atoms with Crippen molar-refractivity contribution in [3.63, 3.8) is 0 Å². The van der Waals surface area contributed by atoms with Gasteiger partial charge < -0.3 is 0 Å². The highest BCUT2D eigenvalue weighted by Gasteiger charge is 2.05. The second kappa shape index (κ2) is 7.65. The van der Waals surface area contributed by atoms with Crippen LogP contribution in [0.2, 0.25) is 0 Å². The molecule has 1 aromatic heterocycles. The molecule has 7 heteroatoms. The van der Waals surface area contributed by atoms with E-state index in [1.54, 1.807) is 12.1 Å². The summed E-state index contributed by atoms with van der Waals surface area (Å²) in [6.07, 6.45) is 1.39. The van der Waals surface area contributed by atoms with Gasteiger partial charge in [0.05, 0.1) is 12.0 Å². The van der Waals surface area contributed by atoms with Crippen molar-refractivity contribution in [2.24, 2.45) is 5.10 Å². The van der Waals surface area contributed by atoms with Gasteiger partial charge in [-0.25, -0.2) is 19.8 Å². The van der Waals surface area contributed by atoms with E-state index in [1.807, 2.05) is 19.9 Å². The Morgan fingerprint density at radius 3 is 2.73 bits per heavy atom. The Balaban J connectivity index is 1.83. The molecule has 2 rings (SSSR count). The third-order valence-electron chi connectivity index (χ3n) is 2.55. The molecule has 1 aromatic carbocycles. The molecule has 2 aromatic rings. The number of benzene rings is 1. The van der Waals surface area contributed by atoms with Crippen molar-refractivity contribution in [2.45, 2.75) is 19.0 Å². The van der Waals surface area contributed by atoms with Gasteiger partial charge in [0.1, 0.15) is 5.82 Å². The minimum absolute atomic E-state index is 0.156. The second-order valence-electron chi connectivity index (χ2n) is 4.57. The fourth-order valence-corrected chi connectivity index (χ4v) is 2.43. The molecule has 1 amide bonds. The Labute approximate surface area is 132 Å². The molecule has 114 valence electrons. The highest BCUT2D eigenvalue weighted by Crippen LogP contribution is 2.13. The van der Waals surface area contributed by atoms with Crippen LogP contribution in [0.25, 0.3) is 0 Å². The van der Waals surface area contributed by atoms with Crippen molar-refractivity contribution in [1.29, 1.82) is 0 Å². The molecule has 0 saturated heterocycles. The zero-order chi connectivity index (χ0) is 15.9. The molecule has 0 aliphatic rings. The van der Waals surface area contributed by atoms with Crippen LogP contribution in [0.4, 0.5) is 4.39 Å². The van der Waals surface area contributed by atoms with Crippen molar-refractivity contribution < 1.29 is 9.18 Å². The molecule has 0 aliphatic heterocycles. The van der Waals surface area contributed by atoms with Crippen LogP contribution in [0.1, 0.15) is 17.0 Å². The minimum Gasteiger partial charge on any atom is -0.272 e. The van der Waals surface area contributed by atoms with Gasteiger partial charge in [0.25, 0.3) is 5.91 Å². The SMILES string of the molecule is Cc1cc(C)nc(SCC(=O)N/N=C/c2cccc(F)c2)n1. The molecule has 0 spiro atoms. The molecule has 0 fully saturated rings. The van der Waals surface area contributed by atoms with Crippen molar-refractivity contribution >= 4 is 23.9 Å². The Kier molecular flexibility index (Phi) is 5.60. The van der Waals surface area contributed by atoms with Crippen LogP contribution in [0.15, 0.2) is 40.6 Å². The van der Waals surface area contributed by atoms with Gasteiger partial charge in [-0.2, -0.15) is 5.10 Å². The summed E-state index contributed by atoms with van der Waals surface area (Å²) in [6, 6.07) is 7.81. The maximum Gasteiger partial charge on any atom is 0.250 e. The van der Waals surface area contributed by atoms with Crippen LogP contribution in [0, 0.1) is 19.7 Å². The number of hydrazone groups is 1. The molecule has 0 atom stereocenters. The van der Waals surface area contributed by atoms with E-state index in [2.05, 4.69) is 20.5 Å². The Hall–Kier alpha value is -2.28. The van der Waals surface area contributed by atoms with Gasteiger partial charge in [-0.05, 0) is 37.6 Å². The predicted molar refractivity (Wildman–Crippen MR) is 84.4 cm³/mol. The van der Waals surface area contributed by atoms with E-state index in [4.69, 9.17) is 0 Å². The molecular formula is C15H15FN4OS. The van der Waals surface area contributed by atoms with Crippen molar-refractivity contribution in [3.05, 3.63) is 53.1 Å². The summed E-state index contributed by atoms with van der Waals surface area (Å²) in [5.41, 5.74) is 4.68. The van der Waals surface area contributed by atoms with E-state index in [1.165, 1.54) is 30.1 Å². The number of rotatable bonds is 5. The number of thioether (sulfide) groups is 1. The fraction of sp³-hybridized carbons (Fsp3) is 0.200. The number of nitrogens with one attached hydrogen (secondary N) is 1. The summed E-state index contributed by atoms with van der Waals surface area (Å²) in [5, 5.41) is 4.34. The van der Waals surface area contributed by atoms with Gasteiger partial charge in [-0.15, -0.1) is 0 Å². The molecule has 0 aliphatic carbocycles. The van der Waals surface area contributed by atoms with Crippen molar-refractivity contribution in [2.75, 3.05) is 5.75 Å². The van der Waals surface area contributed by atoms with E-state index in [9.17, 15) is 9.18 Å². The first kappa shape index (κ1) is 16.1. The third kappa shape index (κ3) is 5.25. The number of halogens is 1. The number of carbonyl (C=O) groups excluding carboxylic acids is 1. The standard InChI is InChI=1S/C15H15FN4OS/c1-10-6-11(2)19-15(18-10)22-9-14(21)20-17-8-12-4-3-5-13(16)7-12/h3-8H,9H2,1-2H3,(H,20,21)/b17-8+. The lowest BCUT2D eigenvalue weighted by molar-refractivity contribution is -0.118. The molecular weight excluding hydrogens is 303 g/mol. The van der Waals surface area contributed by atoms with E-state index in [0.717, 1.165) is 11.4 Å². The minimum atomic E-state index is -0.349. The summed E-state index contributed by atoms with van der Waals surface area (Å²) in [4.78, 5) is 20.1. The summed E-state index contributed by atoms with van der Waals surface area (Å²) in [5.74, 6) is -0.471. The lowest BCUT2D eigenvalue weighted by Gasteiger charge is -2.02. The van der Waals surface area contributed by atoms with E-state index < -0.39 is 0 Å². The monoisotopic (exact) mass is 318 g/mol. The number of hydrogen-bond acceptors (Lipinski definition) is 5. The van der Waals surface area contributed by atoms with Gasteiger partial charge >= 0.3 is 0 Å². The predicted octanol–water partition coefficient (Wildman–Crippen LogP) is 2.47. The first-order chi connectivity index (χ1) is 10.5. The van der Waals surface area contributed by atoms with Gasteiger partial charge in [-0.3, -0.25) is 4.79 Å². The second-order valence-corrected chi connectivity index (χ2v) is 5.51. The maximum absolute atomic E-state index is 13.0. The van der Waals surface area contributed by atoms with Crippen molar-refractivity contribution in [3.8, 4) is 0 Å². The number of hydrogen-bond donors (Lipinski definition) is 1. The normalized spacial score (nSPS) is 10.9. The number of carbonyl (C=O) groups is 1. The summed E-state index contributed by atoms with van der Waals surface area (Å²) in [7, 11) is 0. The first-order valence-corrected chi connectivity index (χ1v) is 7.54.